The first-order valence-electron chi connectivity index (χ1n) is 6.30. The molecule has 0 aromatic carbocycles. The minimum absolute atomic E-state index is 0.155. The number of thioether (sulfide) groups is 1. The lowest BCUT2D eigenvalue weighted by molar-refractivity contribution is -0.0832. The summed E-state index contributed by atoms with van der Waals surface area (Å²) < 4.78 is 6.05. The second-order valence-electron chi connectivity index (χ2n) is 5.13. The molecule has 0 bridgehead atoms. The van der Waals surface area contributed by atoms with Crippen LogP contribution in [0.3, 0.4) is 0 Å². The Kier molecular flexibility index (Phi) is 3.48. The normalized spacial score (nSPS) is 35.2. The summed E-state index contributed by atoms with van der Waals surface area (Å²) in [5.41, 5.74) is 6.57. The fourth-order valence-corrected chi connectivity index (χ4v) is 5.15. The largest absolute Gasteiger partial charge is 0.374 e. The Labute approximate surface area is 111 Å². The van der Waals surface area contributed by atoms with E-state index in [0.717, 1.165) is 19.4 Å². The third-order valence-corrected chi connectivity index (χ3v) is 6.17. The molecule has 1 aromatic rings. The van der Waals surface area contributed by atoms with Crippen LogP contribution in [0, 0.1) is 5.92 Å². The molecule has 2 N–H and O–H groups in total. The van der Waals surface area contributed by atoms with E-state index >= 15 is 0 Å². The number of thiophene rings is 1. The second-order valence-corrected chi connectivity index (χ2v) is 7.21. The highest BCUT2D eigenvalue weighted by Crippen LogP contribution is 2.43. The van der Waals surface area contributed by atoms with Crippen molar-refractivity contribution in [2.45, 2.75) is 30.9 Å². The van der Waals surface area contributed by atoms with Crippen LogP contribution in [0.15, 0.2) is 17.5 Å². The molecule has 3 atom stereocenters. The minimum atomic E-state index is 0.155. The molecular weight excluding hydrogens is 250 g/mol. The van der Waals surface area contributed by atoms with E-state index in [4.69, 9.17) is 10.5 Å². The molecule has 0 saturated carbocycles. The molecule has 4 heteroatoms. The van der Waals surface area contributed by atoms with Gasteiger partial charge in [-0.15, -0.1) is 11.3 Å². The van der Waals surface area contributed by atoms with Crippen LogP contribution in [-0.2, 0) is 4.74 Å². The summed E-state index contributed by atoms with van der Waals surface area (Å²) in [6.45, 7) is 0.893. The van der Waals surface area contributed by atoms with Crippen molar-refractivity contribution in [3.63, 3.8) is 0 Å². The first-order chi connectivity index (χ1) is 8.29. The van der Waals surface area contributed by atoms with Gasteiger partial charge in [0.2, 0.25) is 0 Å². The van der Waals surface area contributed by atoms with Crippen LogP contribution in [0.25, 0.3) is 0 Å². The number of ether oxygens (including phenoxy) is 1. The third kappa shape index (κ3) is 2.41. The number of rotatable bonds is 2. The Morgan fingerprint density at radius 3 is 3.18 bits per heavy atom. The fourth-order valence-electron chi connectivity index (χ4n) is 2.95. The van der Waals surface area contributed by atoms with E-state index in [1.165, 1.54) is 22.8 Å². The highest BCUT2D eigenvalue weighted by Gasteiger charge is 2.42. The fraction of sp³-hybridized carbons (Fsp3) is 0.692. The van der Waals surface area contributed by atoms with Crippen molar-refractivity contribution in [2.75, 3.05) is 18.1 Å². The van der Waals surface area contributed by atoms with Crippen LogP contribution < -0.4 is 5.73 Å². The summed E-state index contributed by atoms with van der Waals surface area (Å²) in [5.74, 6) is 3.02. The maximum absolute atomic E-state index is 6.41. The number of hydrogen-bond donors (Lipinski definition) is 1. The maximum atomic E-state index is 6.41. The summed E-state index contributed by atoms with van der Waals surface area (Å²) in [4.78, 5) is 1.33. The molecule has 17 heavy (non-hydrogen) atoms. The van der Waals surface area contributed by atoms with Gasteiger partial charge in [-0.1, -0.05) is 6.07 Å². The first-order valence-corrected chi connectivity index (χ1v) is 8.33. The van der Waals surface area contributed by atoms with E-state index in [0.29, 0.717) is 5.92 Å². The standard InChI is InChI=1S/C13H19NOS2/c14-12(11-2-1-6-17-11)10-3-5-15-13(8-10)4-7-16-9-13/h1-2,6,10,12H,3-5,7-9,14H2. The van der Waals surface area contributed by atoms with Crippen molar-refractivity contribution < 1.29 is 4.74 Å². The summed E-state index contributed by atoms with van der Waals surface area (Å²) in [5, 5.41) is 2.12. The van der Waals surface area contributed by atoms with Gasteiger partial charge in [0.25, 0.3) is 0 Å². The van der Waals surface area contributed by atoms with Crippen LogP contribution in [0.5, 0.6) is 0 Å². The van der Waals surface area contributed by atoms with Gasteiger partial charge in [-0.25, -0.2) is 0 Å². The molecule has 1 spiro atoms. The summed E-state index contributed by atoms with van der Waals surface area (Å²) in [6, 6.07) is 4.47. The lowest BCUT2D eigenvalue weighted by Crippen LogP contribution is -2.42. The molecule has 3 unspecified atom stereocenters. The van der Waals surface area contributed by atoms with Crippen LogP contribution in [0.2, 0.25) is 0 Å². The van der Waals surface area contributed by atoms with Gasteiger partial charge in [0.1, 0.15) is 0 Å². The van der Waals surface area contributed by atoms with Crippen molar-refractivity contribution >= 4 is 23.1 Å². The van der Waals surface area contributed by atoms with Crippen LogP contribution in [-0.4, -0.2) is 23.7 Å². The molecule has 94 valence electrons. The molecule has 3 rings (SSSR count). The maximum Gasteiger partial charge on any atom is 0.0783 e. The van der Waals surface area contributed by atoms with Gasteiger partial charge < -0.3 is 10.5 Å². The van der Waals surface area contributed by atoms with E-state index < -0.39 is 0 Å². The van der Waals surface area contributed by atoms with E-state index in [9.17, 15) is 0 Å². The molecular formula is C13H19NOS2. The Hall–Kier alpha value is -0.0300. The molecule has 2 saturated heterocycles. The highest BCUT2D eigenvalue weighted by atomic mass is 32.2. The van der Waals surface area contributed by atoms with E-state index in [1.807, 2.05) is 11.8 Å². The van der Waals surface area contributed by atoms with Gasteiger partial charge in [0.05, 0.1) is 5.60 Å². The van der Waals surface area contributed by atoms with Crippen LogP contribution in [0.4, 0.5) is 0 Å². The monoisotopic (exact) mass is 269 g/mol. The average molecular weight is 269 g/mol. The number of hydrogen-bond acceptors (Lipinski definition) is 4. The molecule has 2 aliphatic rings. The zero-order chi connectivity index (χ0) is 11.7. The van der Waals surface area contributed by atoms with Gasteiger partial charge in [0, 0.05) is 23.3 Å². The Balaban J connectivity index is 1.71. The zero-order valence-corrected chi connectivity index (χ0v) is 11.6. The predicted octanol–water partition coefficient (Wildman–Crippen LogP) is 3.05. The van der Waals surface area contributed by atoms with Crippen LogP contribution in [0.1, 0.15) is 30.2 Å². The van der Waals surface area contributed by atoms with E-state index in [1.54, 1.807) is 11.3 Å². The Morgan fingerprint density at radius 2 is 2.47 bits per heavy atom. The van der Waals surface area contributed by atoms with Gasteiger partial charge in [-0.2, -0.15) is 11.8 Å². The predicted molar refractivity (Wildman–Crippen MR) is 74.6 cm³/mol. The first kappa shape index (κ1) is 12.0. The van der Waals surface area contributed by atoms with Gasteiger partial charge in [-0.3, -0.25) is 0 Å². The topological polar surface area (TPSA) is 35.2 Å². The molecule has 2 fully saturated rings. The van der Waals surface area contributed by atoms with Crippen LogP contribution >= 0.6 is 23.1 Å². The molecule has 1 aromatic heterocycles. The molecule has 0 aliphatic carbocycles. The van der Waals surface area contributed by atoms with Gasteiger partial charge >= 0.3 is 0 Å². The van der Waals surface area contributed by atoms with Gasteiger partial charge in [-0.05, 0) is 42.4 Å². The Bertz CT molecular complexity index is 360. The molecule has 0 amide bonds. The van der Waals surface area contributed by atoms with Crippen molar-refractivity contribution in [1.29, 1.82) is 0 Å². The van der Waals surface area contributed by atoms with Gasteiger partial charge in [0.15, 0.2) is 0 Å². The van der Waals surface area contributed by atoms with E-state index in [-0.39, 0.29) is 11.6 Å². The van der Waals surface area contributed by atoms with Crippen molar-refractivity contribution in [3.05, 3.63) is 22.4 Å². The molecule has 0 radical (unpaired) electrons. The summed E-state index contributed by atoms with van der Waals surface area (Å²) >= 11 is 3.81. The summed E-state index contributed by atoms with van der Waals surface area (Å²) in [6.07, 6.45) is 3.48. The Morgan fingerprint density at radius 1 is 1.53 bits per heavy atom. The lowest BCUT2D eigenvalue weighted by Gasteiger charge is -2.39. The van der Waals surface area contributed by atoms with Crippen molar-refractivity contribution in [3.8, 4) is 0 Å². The average Bonchev–Trinajstić information content (AvgIpc) is 3.00. The van der Waals surface area contributed by atoms with E-state index in [2.05, 4.69) is 17.5 Å². The second kappa shape index (κ2) is 4.92. The smallest absolute Gasteiger partial charge is 0.0783 e. The molecule has 2 nitrogen and oxygen atoms in total. The molecule has 2 aliphatic heterocycles. The quantitative estimate of drug-likeness (QED) is 0.896. The zero-order valence-electron chi connectivity index (χ0n) is 9.93. The lowest BCUT2D eigenvalue weighted by atomic mass is 9.81. The summed E-state index contributed by atoms with van der Waals surface area (Å²) in [7, 11) is 0. The highest BCUT2D eigenvalue weighted by molar-refractivity contribution is 7.99. The SMILES string of the molecule is NC(c1cccs1)C1CCOC2(CCSC2)C1. The van der Waals surface area contributed by atoms with Crippen molar-refractivity contribution in [2.24, 2.45) is 11.7 Å². The minimum Gasteiger partial charge on any atom is -0.374 e. The third-order valence-electron chi connectivity index (χ3n) is 3.98. The molecule has 3 heterocycles. The van der Waals surface area contributed by atoms with Crippen molar-refractivity contribution in [1.82, 2.24) is 0 Å². The number of nitrogens with two attached hydrogens (primary N) is 1.